The summed E-state index contributed by atoms with van der Waals surface area (Å²) in [6.45, 7) is 9.59. The highest BCUT2D eigenvalue weighted by molar-refractivity contribution is 5.95. The molecule has 0 heterocycles. The van der Waals surface area contributed by atoms with Crippen molar-refractivity contribution < 1.29 is 34.2 Å². The van der Waals surface area contributed by atoms with Crippen molar-refractivity contribution in [1.82, 2.24) is 21.3 Å². The van der Waals surface area contributed by atoms with Crippen molar-refractivity contribution in [1.29, 1.82) is 0 Å². The number of carbonyl (C=O) groups excluding carboxylic acids is 4. The molecule has 0 aliphatic carbocycles. The largest absolute Gasteiger partial charge is 0.480 e. The first-order chi connectivity index (χ1) is 15.7. The van der Waals surface area contributed by atoms with Gasteiger partial charge in [0.1, 0.15) is 24.2 Å². The predicted octanol–water partition coefficient (Wildman–Crippen LogP) is -1.29. The Balaban J connectivity index is 5.40. The number of hydrogen-bond acceptors (Lipinski definition) is 7. The lowest BCUT2D eigenvalue weighted by Gasteiger charge is -2.27. The summed E-state index contributed by atoms with van der Waals surface area (Å²) < 4.78 is 0. The summed E-state index contributed by atoms with van der Waals surface area (Å²) in [5.74, 6) is -4.29. The maximum absolute atomic E-state index is 12.8. The Morgan fingerprint density at radius 2 is 1.18 bits per heavy atom. The molecule has 196 valence electrons. The molecule has 0 fully saturated rings. The molecule has 0 radical (unpaired) electrons. The van der Waals surface area contributed by atoms with Gasteiger partial charge in [-0.25, -0.2) is 4.79 Å². The molecule has 8 N–H and O–H groups in total. The monoisotopic (exact) mass is 487 g/mol. The highest BCUT2D eigenvalue weighted by Gasteiger charge is 2.32. The minimum atomic E-state index is -1.39. The average Bonchev–Trinajstić information content (AvgIpc) is 2.73. The summed E-state index contributed by atoms with van der Waals surface area (Å²) in [5, 5.41) is 28.8. The second-order valence-electron chi connectivity index (χ2n) is 9.46. The van der Waals surface area contributed by atoms with Crippen LogP contribution in [0.1, 0.15) is 54.4 Å². The number of nitrogens with one attached hydrogen (secondary N) is 4. The molecular weight excluding hydrogens is 446 g/mol. The molecule has 0 spiro atoms. The van der Waals surface area contributed by atoms with E-state index in [0.29, 0.717) is 0 Å². The first-order valence-electron chi connectivity index (χ1n) is 11.5. The standard InChI is InChI=1S/C22H41N5O7/c1-11(2)7-14(24-17(29)9-23)19(30)26-16(10-28)20(31)27-18(13(5)6)21(32)25-15(22(33)34)8-12(3)4/h11-16,18,28H,7-10,23H2,1-6H3,(H,24,29)(H,25,32)(H,26,30)(H,27,31)(H,33,34)/t14-,15-,16-,18-/m0/s1. The van der Waals surface area contributed by atoms with Gasteiger partial charge < -0.3 is 37.2 Å². The lowest BCUT2D eigenvalue weighted by atomic mass is 10.00. The zero-order valence-electron chi connectivity index (χ0n) is 20.9. The SMILES string of the molecule is CC(C)C[C@H](NC(=O)[C@@H](NC(=O)[C@H](CO)NC(=O)[C@H](CC(C)C)NC(=O)CN)C(C)C)C(=O)O. The number of carbonyl (C=O) groups is 5. The summed E-state index contributed by atoms with van der Waals surface area (Å²) in [6.07, 6.45) is 0.488. The summed E-state index contributed by atoms with van der Waals surface area (Å²) in [4.78, 5) is 61.3. The predicted molar refractivity (Wildman–Crippen MR) is 125 cm³/mol. The number of aliphatic hydroxyl groups is 1. The molecule has 0 unspecified atom stereocenters. The van der Waals surface area contributed by atoms with Crippen molar-refractivity contribution in [2.24, 2.45) is 23.5 Å². The highest BCUT2D eigenvalue weighted by atomic mass is 16.4. The van der Waals surface area contributed by atoms with Gasteiger partial charge in [0, 0.05) is 0 Å². The Kier molecular flexibility index (Phi) is 14.0. The lowest BCUT2D eigenvalue weighted by molar-refractivity contribution is -0.143. The van der Waals surface area contributed by atoms with E-state index in [2.05, 4.69) is 21.3 Å². The smallest absolute Gasteiger partial charge is 0.326 e. The van der Waals surface area contributed by atoms with Crippen LogP contribution in [0.2, 0.25) is 0 Å². The van der Waals surface area contributed by atoms with Crippen molar-refractivity contribution in [3.63, 3.8) is 0 Å². The number of aliphatic hydroxyl groups excluding tert-OH is 1. The zero-order valence-corrected chi connectivity index (χ0v) is 20.9. The molecule has 0 aromatic rings. The number of aliphatic carboxylic acids is 1. The molecule has 0 saturated heterocycles. The number of nitrogens with two attached hydrogens (primary N) is 1. The van der Waals surface area contributed by atoms with E-state index in [1.54, 1.807) is 13.8 Å². The third kappa shape index (κ3) is 11.4. The minimum absolute atomic E-state index is 0.0148. The third-order valence-electron chi connectivity index (χ3n) is 4.93. The molecule has 0 aromatic carbocycles. The van der Waals surface area contributed by atoms with Crippen LogP contribution < -0.4 is 27.0 Å². The Labute approximate surface area is 200 Å². The molecule has 0 bridgehead atoms. The number of amides is 4. The second-order valence-corrected chi connectivity index (χ2v) is 9.46. The summed E-state index contributed by atoms with van der Waals surface area (Å²) in [6, 6.07) is -4.58. The van der Waals surface area contributed by atoms with Crippen LogP contribution in [-0.2, 0) is 24.0 Å². The van der Waals surface area contributed by atoms with E-state index in [1.807, 2.05) is 27.7 Å². The van der Waals surface area contributed by atoms with Gasteiger partial charge in [-0.05, 0) is 30.6 Å². The van der Waals surface area contributed by atoms with Crippen LogP contribution in [0, 0.1) is 17.8 Å². The van der Waals surface area contributed by atoms with Crippen molar-refractivity contribution in [3.05, 3.63) is 0 Å². The molecule has 4 atom stereocenters. The van der Waals surface area contributed by atoms with Crippen LogP contribution in [0.3, 0.4) is 0 Å². The lowest BCUT2D eigenvalue weighted by Crippen LogP contribution is -2.60. The molecule has 34 heavy (non-hydrogen) atoms. The third-order valence-corrected chi connectivity index (χ3v) is 4.93. The first-order valence-corrected chi connectivity index (χ1v) is 11.5. The van der Waals surface area contributed by atoms with Crippen molar-refractivity contribution >= 4 is 29.6 Å². The molecule has 0 aliphatic rings. The van der Waals surface area contributed by atoms with Gasteiger partial charge in [-0.2, -0.15) is 0 Å². The fourth-order valence-electron chi connectivity index (χ4n) is 3.17. The van der Waals surface area contributed by atoms with E-state index in [0.717, 1.165) is 0 Å². The van der Waals surface area contributed by atoms with E-state index in [-0.39, 0.29) is 31.2 Å². The topological polar surface area (TPSA) is 200 Å². The second kappa shape index (κ2) is 15.2. The van der Waals surface area contributed by atoms with Crippen LogP contribution in [0.15, 0.2) is 0 Å². The highest BCUT2D eigenvalue weighted by Crippen LogP contribution is 2.09. The number of carboxylic acids is 1. The average molecular weight is 488 g/mol. The van der Waals surface area contributed by atoms with Gasteiger partial charge in [0.05, 0.1) is 13.2 Å². The van der Waals surface area contributed by atoms with E-state index in [9.17, 15) is 34.2 Å². The van der Waals surface area contributed by atoms with Crippen molar-refractivity contribution in [3.8, 4) is 0 Å². The van der Waals surface area contributed by atoms with Crippen LogP contribution >= 0.6 is 0 Å². The van der Waals surface area contributed by atoms with Gasteiger partial charge in [-0.1, -0.05) is 41.5 Å². The van der Waals surface area contributed by atoms with Gasteiger partial charge in [0.2, 0.25) is 23.6 Å². The Bertz CT molecular complexity index is 712. The fourth-order valence-corrected chi connectivity index (χ4v) is 3.17. The maximum Gasteiger partial charge on any atom is 0.326 e. The summed E-state index contributed by atoms with van der Waals surface area (Å²) in [7, 11) is 0. The normalized spacial score (nSPS) is 14.8. The van der Waals surface area contributed by atoms with E-state index < -0.39 is 66.3 Å². The number of carboxylic acid groups (broad SMARTS) is 1. The van der Waals surface area contributed by atoms with Crippen molar-refractivity contribution in [2.45, 2.75) is 78.6 Å². The minimum Gasteiger partial charge on any atom is -0.480 e. The Morgan fingerprint density at radius 1 is 0.706 bits per heavy atom. The van der Waals surface area contributed by atoms with Crippen LogP contribution in [0.5, 0.6) is 0 Å². The summed E-state index contributed by atoms with van der Waals surface area (Å²) >= 11 is 0. The van der Waals surface area contributed by atoms with E-state index >= 15 is 0 Å². The molecule has 0 aliphatic heterocycles. The van der Waals surface area contributed by atoms with Crippen LogP contribution in [0.4, 0.5) is 0 Å². The van der Waals surface area contributed by atoms with Crippen molar-refractivity contribution in [2.75, 3.05) is 13.2 Å². The molecule has 0 aromatic heterocycles. The molecule has 4 amide bonds. The van der Waals surface area contributed by atoms with Gasteiger partial charge >= 0.3 is 5.97 Å². The van der Waals surface area contributed by atoms with E-state index in [1.165, 1.54) is 0 Å². The van der Waals surface area contributed by atoms with Crippen LogP contribution in [0.25, 0.3) is 0 Å². The molecule has 0 rings (SSSR count). The quantitative estimate of drug-likeness (QED) is 0.148. The Morgan fingerprint density at radius 3 is 1.59 bits per heavy atom. The summed E-state index contributed by atoms with van der Waals surface area (Å²) in [5.41, 5.74) is 5.30. The van der Waals surface area contributed by atoms with Gasteiger partial charge in [0.15, 0.2) is 0 Å². The van der Waals surface area contributed by atoms with Gasteiger partial charge in [-0.3, -0.25) is 19.2 Å². The van der Waals surface area contributed by atoms with Crippen LogP contribution in [-0.4, -0.2) is 77.1 Å². The number of rotatable bonds is 15. The molecular formula is C22H41N5O7. The van der Waals surface area contributed by atoms with Gasteiger partial charge in [0.25, 0.3) is 0 Å². The maximum atomic E-state index is 12.8. The molecule has 0 saturated carbocycles. The first kappa shape index (κ1) is 31.3. The van der Waals surface area contributed by atoms with E-state index in [4.69, 9.17) is 5.73 Å². The molecule has 12 nitrogen and oxygen atoms in total. The Hall–Kier alpha value is -2.73. The zero-order chi connectivity index (χ0) is 26.6. The number of hydrogen-bond donors (Lipinski definition) is 7. The fraction of sp³-hybridized carbons (Fsp3) is 0.773. The van der Waals surface area contributed by atoms with Gasteiger partial charge in [-0.15, -0.1) is 0 Å². The molecule has 12 heteroatoms.